The Labute approximate surface area is 112 Å². The maximum Gasteiger partial charge on any atom is 0.321 e. The number of nitrogens with zero attached hydrogens (tertiary/aromatic N) is 1. The Kier molecular flexibility index (Phi) is 4.04. The first-order chi connectivity index (χ1) is 9.06. The van der Waals surface area contributed by atoms with Crippen molar-refractivity contribution in [3.63, 3.8) is 0 Å². The predicted molar refractivity (Wildman–Crippen MR) is 72.3 cm³/mol. The number of rotatable bonds is 4. The first-order valence-electron chi connectivity index (χ1n) is 6.40. The molecule has 2 amide bonds. The van der Waals surface area contributed by atoms with E-state index in [1.807, 2.05) is 31.2 Å². The molecule has 1 aromatic rings. The van der Waals surface area contributed by atoms with Gasteiger partial charge in [-0.3, -0.25) is 9.69 Å². The lowest BCUT2D eigenvalue weighted by molar-refractivity contribution is -0.137. The molecule has 0 bridgehead atoms. The highest BCUT2D eigenvalue weighted by atomic mass is 16.4. The minimum atomic E-state index is -0.793. The topological polar surface area (TPSA) is 69.6 Å². The molecule has 0 aromatic heterocycles. The number of aliphatic carboxylic acids is 1. The van der Waals surface area contributed by atoms with Gasteiger partial charge in [0.25, 0.3) is 0 Å². The van der Waals surface area contributed by atoms with Crippen LogP contribution in [0, 0.1) is 12.8 Å². The number of urea groups is 1. The molecule has 0 aliphatic carbocycles. The van der Waals surface area contributed by atoms with Crippen LogP contribution in [0.4, 0.5) is 10.5 Å². The molecule has 1 fully saturated rings. The van der Waals surface area contributed by atoms with Crippen molar-refractivity contribution in [2.45, 2.75) is 19.8 Å². The van der Waals surface area contributed by atoms with E-state index in [4.69, 9.17) is 5.11 Å². The number of nitrogens with one attached hydrogen (secondary N) is 1. The third-order valence-corrected chi connectivity index (χ3v) is 3.31. The highest BCUT2D eigenvalue weighted by Crippen LogP contribution is 2.21. The van der Waals surface area contributed by atoms with Crippen molar-refractivity contribution in [1.82, 2.24) is 5.32 Å². The molecule has 5 heteroatoms. The Morgan fingerprint density at radius 2 is 2.32 bits per heavy atom. The van der Waals surface area contributed by atoms with Crippen LogP contribution >= 0.6 is 0 Å². The van der Waals surface area contributed by atoms with Gasteiger partial charge in [0, 0.05) is 25.2 Å². The summed E-state index contributed by atoms with van der Waals surface area (Å²) in [6, 6.07) is 7.63. The second-order valence-electron chi connectivity index (χ2n) is 4.93. The SMILES string of the molecule is Cc1cccc(N2CC(CCC(=O)O)CNC2=O)c1. The van der Waals surface area contributed by atoms with Crippen LogP contribution in [-0.4, -0.2) is 30.2 Å². The monoisotopic (exact) mass is 262 g/mol. The molecule has 1 saturated heterocycles. The average Bonchev–Trinajstić information content (AvgIpc) is 2.37. The Morgan fingerprint density at radius 3 is 3.00 bits per heavy atom. The van der Waals surface area contributed by atoms with E-state index in [2.05, 4.69) is 5.32 Å². The minimum absolute atomic E-state index is 0.114. The van der Waals surface area contributed by atoms with Crippen molar-refractivity contribution in [3.8, 4) is 0 Å². The van der Waals surface area contributed by atoms with E-state index < -0.39 is 5.97 Å². The molecular formula is C14H18N2O3. The smallest absolute Gasteiger partial charge is 0.321 e. The fourth-order valence-electron chi connectivity index (χ4n) is 2.27. The summed E-state index contributed by atoms with van der Waals surface area (Å²) >= 11 is 0. The van der Waals surface area contributed by atoms with Crippen LogP contribution < -0.4 is 10.2 Å². The van der Waals surface area contributed by atoms with Crippen molar-refractivity contribution >= 4 is 17.7 Å². The molecule has 1 heterocycles. The molecule has 0 saturated carbocycles. The van der Waals surface area contributed by atoms with E-state index in [9.17, 15) is 9.59 Å². The van der Waals surface area contributed by atoms with Gasteiger partial charge in [-0.25, -0.2) is 4.79 Å². The average molecular weight is 262 g/mol. The van der Waals surface area contributed by atoms with Crippen LogP contribution in [0.1, 0.15) is 18.4 Å². The van der Waals surface area contributed by atoms with Crippen LogP contribution in [0.2, 0.25) is 0 Å². The first kappa shape index (κ1) is 13.4. The molecule has 1 aliphatic rings. The van der Waals surface area contributed by atoms with Crippen LogP contribution in [0.25, 0.3) is 0 Å². The molecule has 1 atom stereocenters. The predicted octanol–water partition coefficient (Wildman–Crippen LogP) is 2.01. The van der Waals surface area contributed by atoms with E-state index in [1.165, 1.54) is 0 Å². The fourth-order valence-corrected chi connectivity index (χ4v) is 2.27. The van der Waals surface area contributed by atoms with Crippen molar-refractivity contribution in [2.24, 2.45) is 5.92 Å². The van der Waals surface area contributed by atoms with Gasteiger partial charge in [0.1, 0.15) is 0 Å². The molecular weight excluding hydrogens is 244 g/mol. The molecule has 5 nitrogen and oxygen atoms in total. The fraction of sp³-hybridized carbons (Fsp3) is 0.429. The van der Waals surface area contributed by atoms with Crippen molar-refractivity contribution in [1.29, 1.82) is 0 Å². The number of amides is 2. The number of benzene rings is 1. The van der Waals surface area contributed by atoms with E-state index in [0.717, 1.165) is 11.3 Å². The standard InChI is InChI=1S/C14H18N2O3/c1-10-3-2-4-12(7-10)16-9-11(5-6-13(17)18)8-15-14(16)19/h2-4,7,11H,5-6,8-9H2,1H3,(H,15,19)(H,17,18). The summed E-state index contributed by atoms with van der Waals surface area (Å²) in [4.78, 5) is 24.2. The quantitative estimate of drug-likeness (QED) is 0.872. The lowest BCUT2D eigenvalue weighted by Gasteiger charge is -2.33. The highest BCUT2D eigenvalue weighted by Gasteiger charge is 2.26. The van der Waals surface area contributed by atoms with Gasteiger partial charge < -0.3 is 10.4 Å². The lowest BCUT2D eigenvalue weighted by Crippen LogP contribution is -2.51. The van der Waals surface area contributed by atoms with Crippen LogP contribution in [-0.2, 0) is 4.79 Å². The zero-order chi connectivity index (χ0) is 13.8. The summed E-state index contributed by atoms with van der Waals surface area (Å²) in [5.74, 6) is -0.617. The van der Waals surface area contributed by atoms with Crippen LogP contribution in [0.3, 0.4) is 0 Å². The summed E-state index contributed by atoms with van der Waals surface area (Å²) in [5, 5.41) is 11.5. The van der Waals surface area contributed by atoms with Gasteiger partial charge in [0.15, 0.2) is 0 Å². The largest absolute Gasteiger partial charge is 0.481 e. The summed E-state index contributed by atoms with van der Waals surface area (Å²) in [5.41, 5.74) is 1.95. The van der Waals surface area contributed by atoms with Gasteiger partial charge in [-0.1, -0.05) is 12.1 Å². The van der Waals surface area contributed by atoms with E-state index >= 15 is 0 Å². The Balaban J connectivity index is 2.06. The van der Waals surface area contributed by atoms with E-state index in [1.54, 1.807) is 4.90 Å². The molecule has 102 valence electrons. The summed E-state index contributed by atoms with van der Waals surface area (Å²) in [7, 11) is 0. The van der Waals surface area contributed by atoms with Gasteiger partial charge >= 0.3 is 12.0 Å². The Morgan fingerprint density at radius 1 is 1.53 bits per heavy atom. The number of hydrogen-bond donors (Lipinski definition) is 2. The molecule has 0 spiro atoms. The van der Waals surface area contributed by atoms with Gasteiger partial charge in [-0.05, 0) is 37.0 Å². The maximum absolute atomic E-state index is 11.9. The van der Waals surface area contributed by atoms with Crippen molar-refractivity contribution in [2.75, 3.05) is 18.0 Å². The number of carboxylic acids is 1. The number of hydrogen-bond acceptors (Lipinski definition) is 2. The normalized spacial score (nSPS) is 19.1. The van der Waals surface area contributed by atoms with Crippen molar-refractivity contribution in [3.05, 3.63) is 29.8 Å². The first-order valence-corrected chi connectivity index (χ1v) is 6.40. The number of carbonyl (C=O) groups excluding carboxylic acids is 1. The van der Waals surface area contributed by atoms with Crippen LogP contribution in [0.15, 0.2) is 24.3 Å². The number of carboxylic acid groups (broad SMARTS) is 1. The second-order valence-corrected chi connectivity index (χ2v) is 4.93. The third kappa shape index (κ3) is 3.47. The second kappa shape index (κ2) is 5.73. The molecule has 0 radical (unpaired) electrons. The Hall–Kier alpha value is -2.04. The molecule has 2 N–H and O–H groups in total. The number of anilines is 1. The van der Waals surface area contributed by atoms with Crippen LogP contribution in [0.5, 0.6) is 0 Å². The zero-order valence-corrected chi connectivity index (χ0v) is 10.9. The van der Waals surface area contributed by atoms with Crippen molar-refractivity contribution < 1.29 is 14.7 Å². The highest BCUT2D eigenvalue weighted by molar-refractivity contribution is 5.92. The molecule has 1 aromatic carbocycles. The zero-order valence-electron chi connectivity index (χ0n) is 10.9. The van der Waals surface area contributed by atoms with Gasteiger partial charge in [0.2, 0.25) is 0 Å². The summed E-state index contributed by atoms with van der Waals surface area (Å²) < 4.78 is 0. The number of carbonyl (C=O) groups is 2. The van der Waals surface area contributed by atoms with Gasteiger partial charge in [-0.2, -0.15) is 0 Å². The minimum Gasteiger partial charge on any atom is -0.481 e. The van der Waals surface area contributed by atoms with Gasteiger partial charge in [0.05, 0.1) is 0 Å². The molecule has 19 heavy (non-hydrogen) atoms. The third-order valence-electron chi connectivity index (χ3n) is 3.31. The van der Waals surface area contributed by atoms with E-state index in [-0.39, 0.29) is 18.4 Å². The number of aryl methyl sites for hydroxylation is 1. The lowest BCUT2D eigenvalue weighted by atomic mass is 10.0. The summed E-state index contributed by atoms with van der Waals surface area (Å²) in [6.45, 7) is 3.10. The molecule has 1 aliphatic heterocycles. The van der Waals surface area contributed by atoms with Gasteiger partial charge in [-0.15, -0.1) is 0 Å². The molecule has 1 unspecified atom stereocenters. The summed E-state index contributed by atoms with van der Waals surface area (Å²) in [6.07, 6.45) is 0.722. The Bertz CT molecular complexity index is 487. The molecule has 2 rings (SSSR count). The van der Waals surface area contributed by atoms with E-state index in [0.29, 0.717) is 19.5 Å². The maximum atomic E-state index is 11.9.